The van der Waals surface area contributed by atoms with Gasteiger partial charge in [0.1, 0.15) is 17.5 Å². The third-order valence-electron chi connectivity index (χ3n) is 3.14. The number of aldehydes is 1. The Labute approximate surface area is 119 Å². The van der Waals surface area contributed by atoms with Crippen LogP contribution in [0.4, 0.5) is 4.79 Å². The summed E-state index contributed by atoms with van der Waals surface area (Å²) in [5.41, 5.74) is -1.31. The lowest BCUT2D eigenvalue weighted by Gasteiger charge is -2.40. The second-order valence-corrected chi connectivity index (χ2v) is 6.11. The topological polar surface area (TPSA) is 72.9 Å². The van der Waals surface area contributed by atoms with Gasteiger partial charge in [-0.15, -0.1) is 0 Å². The van der Waals surface area contributed by atoms with E-state index in [-0.39, 0.29) is 12.5 Å². The van der Waals surface area contributed by atoms with Gasteiger partial charge < -0.3 is 19.2 Å². The van der Waals surface area contributed by atoms with Crippen LogP contribution in [0.2, 0.25) is 0 Å². The van der Waals surface area contributed by atoms with Gasteiger partial charge in [0, 0.05) is 39.3 Å². The smallest absolute Gasteiger partial charge is 0.410 e. The minimum atomic E-state index is -0.772. The van der Waals surface area contributed by atoms with Crippen LogP contribution in [0.15, 0.2) is 0 Å². The van der Waals surface area contributed by atoms with Crippen molar-refractivity contribution in [1.29, 1.82) is 0 Å². The van der Waals surface area contributed by atoms with Gasteiger partial charge in [-0.05, 0) is 20.8 Å². The molecule has 0 aromatic carbocycles. The van der Waals surface area contributed by atoms with Crippen molar-refractivity contribution in [2.75, 3.05) is 13.1 Å². The summed E-state index contributed by atoms with van der Waals surface area (Å²) in [6.45, 7) is 7.58. The number of piperidine rings is 1. The molecule has 0 aromatic heterocycles. The van der Waals surface area contributed by atoms with E-state index in [9.17, 15) is 14.4 Å². The van der Waals surface area contributed by atoms with Crippen molar-refractivity contribution in [3.05, 3.63) is 0 Å². The standard InChI is InChI=1S/C14H23NO5/c1-11(17)19-14(7-10-16)5-8-15(9-6-14)12(18)20-13(2,3)4/h10H,5-9H2,1-4H3. The van der Waals surface area contributed by atoms with Crippen molar-refractivity contribution < 1.29 is 23.9 Å². The van der Waals surface area contributed by atoms with Gasteiger partial charge >= 0.3 is 12.1 Å². The monoisotopic (exact) mass is 285 g/mol. The zero-order valence-corrected chi connectivity index (χ0v) is 12.6. The van der Waals surface area contributed by atoms with Gasteiger partial charge in [0.15, 0.2) is 0 Å². The summed E-state index contributed by atoms with van der Waals surface area (Å²) in [6.07, 6.45) is 1.44. The van der Waals surface area contributed by atoms with Crippen LogP contribution in [0.5, 0.6) is 0 Å². The molecule has 0 radical (unpaired) electrons. The van der Waals surface area contributed by atoms with Crippen LogP contribution in [0.25, 0.3) is 0 Å². The molecule has 1 aliphatic heterocycles. The molecule has 0 bridgehead atoms. The van der Waals surface area contributed by atoms with Crippen LogP contribution in [-0.2, 0) is 19.1 Å². The summed E-state index contributed by atoms with van der Waals surface area (Å²) in [6, 6.07) is 0. The third kappa shape index (κ3) is 4.83. The van der Waals surface area contributed by atoms with E-state index in [0.29, 0.717) is 25.9 Å². The first-order valence-corrected chi connectivity index (χ1v) is 6.79. The van der Waals surface area contributed by atoms with Crippen LogP contribution in [0.1, 0.15) is 47.0 Å². The molecule has 0 N–H and O–H groups in total. The fraction of sp³-hybridized carbons (Fsp3) is 0.786. The van der Waals surface area contributed by atoms with E-state index in [1.165, 1.54) is 6.92 Å². The van der Waals surface area contributed by atoms with Crippen molar-refractivity contribution >= 4 is 18.3 Å². The Balaban J connectivity index is 2.62. The van der Waals surface area contributed by atoms with Crippen molar-refractivity contribution in [1.82, 2.24) is 4.90 Å². The van der Waals surface area contributed by atoms with Gasteiger partial charge in [0.25, 0.3) is 0 Å². The Morgan fingerprint density at radius 1 is 1.25 bits per heavy atom. The first kappa shape index (κ1) is 16.5. The van der Waals surface area contributed by atoms with E-state index in [0.717, 1.165) is 6.29 Å². The van der Waals surface area contributed by atoms with Gasteiger partial charge in [-0.25, -0.2) is 4.79 Å². The Bertz CT molecular complexity index is 378. The van der Waals surface area contributed by atoms with Crippen molar-refractivity contribution in [2.45, 2.75) is 58.2 Å². The molecule has 1 rings (SSSR count). The molecule has 6 heteroatoms. The van der Waals surface area contributed by atoms with Crippen molar-refractivity contribution in [2.24, 2.45) is 0 Å². The fourth-order valence-corrected chi connectivity index (χ4v) is 2.23. The predicted molar refractivity (Wildman–Crippen MR) is 72.2 cm³/mol. The Kier molecular flexibility index (Phi) is 5.14. The lowest BCUT2D eigenvalue weighted by atomic mass is 9.88. The van der Waals surface area contributed by atoms with Crippen LogP contribution in [0.3, 0.4) is 0 Å². The van der Waals surface area contributed by atoms with Crippen LogP contribution in [0, 0.1) is 0 Å². The molecule has 1 heterocycles. The predicted octanol–water partition coefficient (Wildman–Crippen LogP) is 1.91. The highest BCUT2D eigenvalue weighted by molar-refractivity contribution is 5.69. The summed E-state index contributed by atoms with van der Waals surface area (Å²) in [4.78, 5) is 35.4. The maximum absolute atomic E-state index is 11.9. The molecular formula is C14H23NO5. The van der Waals surface area contributed by atoms with Gasteiger partial charge in [0.2, 0.25) is 0 Å². The number of amides is 1. The van der Waals surface area contributed by atoms with Crippen LogP contribution >= 0.6 is 0 Å². The summed E-state index contributed by atoms with van der Waals surface area (Å²) < 4.78 is 10.6. The number of hydrogen-bond donors (Lipinski definition) is 0. The quantitative estimate of drug-likeness (QED) is 0.585. The number of carbonyl (C=O) groups excluding carboxylic acids is 3. The van der Waals surface area contributed by atoms with Crippen molar-refractivity contribution in [3.63, 3.8) is 0 Å². The number of carbonyl (C=O) groups is 3. The van der Waals surface area contributed by atoms with E-state index < -0.39 is 17.2 Å². The third-order valence-corrected chi connectivity index (χ3v) is 3.14. The minimum absolute atomic E-state index is 0.161. The summed E-state index contributed by atoms with van der Waals surface area (Å²) in [7, 11) is 0. The Morgan fingerprint density at radius 3 is 2.20 bits per heavy atom. The first-order valence-electron chi connectivity index (χ1n) is 6.79. The fourth-order valence-electron chi connectivity index (χ4n) is 2.23. The Morgan fingerprint density at radius 2 is 1.80 bits per heavy atom. The highest BCUT2D eigenvalue weighted by atomic mass is 16.6. The largest absolute Gasteiger partial charge is 0.459 e. The minimum Gasteiger partial charge on any atom is -0.459 e. The zero-order valence-electron chi connectivity index (χ0n) is 12.6. The second kappa shape index (κ2) is 6.24. The molecule has 1 fully saturated rings. The maximum atomic E-state index is 11.9. The SMILES string of the molecule is CC(=O)OC1(CC=O)CCN(C(=O)OC(C)(C)C)CC1. The van der Waals surface area contributed by atoms with E-state index >= 15 is 0 Å². The van der Waals surface area contributed by atoms with E-state index in [1.807, 2.05) is 20.8 Å². The van der Waals surface area contributed by atoms with Gasteiger partial charge in [-0.2, -0.15) is 0 Å². The molecule has 0 unspecified atom stereocenters. The average Bonchev–Trinajstić information content (AvgIpc) is 2.26. The normalized spacial score (nSPS) is 18.3. The molecule has 1 saturated heterocycles. The number of likely N-dealkylation sites (tertiary alicyclic amines) is 1. The lowest BCUT2D eigenvalue weighted by molar-refractivity contribution is -0.162. The second-order valence-electron chi connectivity index (χ2n) is 6.11. The summed E-state index contributed by atoms with van der Waals surface area (Å²) in [5, 5.41) is 0. The number of esters is 1. The van der Waals surface area contributed by atoms with Gasteiger partial charge in [-0.3, -0.25) is 4.79 Å². The average molecular weight is 285 g/mol. The lowest BCUT2D eigenvalue weighted by Crippen LogP contribution is -2.50. The van der Waals surface area contributed by atoms with E-state index in [2.05, 4.69) is 0 Å². The maximum Gasteiger partial charge on any atom is 0.410 e. The molecule has 114 valence electrons. The molecule has 0 spiro atoms. The van der Waals surface area contributed by atoms with Gasteiger partial charge in [-0.1, -0.05) is 0 Å². The Hall–Kier alpha value is -1.59. The van der Waals surface area contributed by atoms with Gasteiger partial charge in [0.05, 0.1) is 0 Å². The van der Waals surface area contributed by atoms with Crippen LogP contribution in [-0.4, -0.2) is 47.5 Å². The van der Waals surface area contributed by atoms with E-state index in [1.54, 1.807) is 4.90 Å². The molecule has 0 aliphatic carbocycles. The molecule has 1 amide bonds. The molecule has 6 nitrogen and oxygen atoms in total. The highest BCUT2D eigenvalue weighted by Gasteiger charge is 2.39. The number of rotatable bonds is 3. The summed E-state index contributed by atoms with van der Waals surface area (Å²) in [5.74, 6) is -0.405. The molecule has 20 heavy (non-hydrogen) atoms. The number of ether oxygens (including phenoxy) is 2. The molecule has 0 aromatic rings. The van der Waals surface area contributed by atoms with Crippen LogP contribution < -0.4 is 0 Å². The molecule has 0 saturated carbocycles. The molecule has 0 atom stereocenters. The number of nitrogens with zero attached hydrogens (tertiary/aromatic N) is 1. The molecule has 1 aliphatic rings. The zero-order chi connectivity index (χ0) is 15.4. The number of hydrogen-bond acceptors (Lipinski definition) is 5. The highest BCUT2D eigenvalue weighted by Crippen LogP contribution is 2.30. The summed E-state index contributed by atoms with van der Waals surface area (Å²) >= 11 is 0. The van der Waals surface area contributed by atoms with E-state index in [4.69, 9.17) is 9.47 Å². The molecular weight excluding hydrogens is 262 g/mol. The van der Waals surface area contributed by atoms with Crippen molar-refractivity contribution in [3.8, 4) is 0 Å². The first-order chi connectivity index (χ1) is 9.17.